The Bertz CT molecular complexity index is 638. The summed E-state index contributed by atoms with van der Waals surface area (Å²) in [6, 6.07) is 2.53. The second-order valence-electron chi connectivity index (χ2n) is 7.11. The van der Waals surface area contributed by atoms with E-state index in [1.807, 2.05) is 0 Å². The van der Waals surface area contributed by atoms with Crippen LogP contribution in [0.25, 0.3) is 0 Å². The van der Waals surface area contributed by atoms with E-state index >= 15 is 0 Å². The highest BCUT2D eigenvalue weighted by molar-refractivity contribution is 5.94. The van der Waals surface area contributed by atoms with E-state index in [2.05, 4.69) is 15.0 Å². The molecule has 1 saturated heterocycles. The van der Waals surface area contributed by atoms with Gasteiger partial charge in [0.1, 0.15) is 5.60 Å². The number of aromatic nitrogens is 1. The molecule has 0 unspecified atom stereocenters. The number of nitrogens with zero attached hydrogens (tertiary/aromatic N) is 2. The molecular formula is C16H21F2N3O4. The molecular weight excluding hydrogens is 336 g/mol. The Balaban J connectivity index is 1.88. The summed E-state index contributed by atoms with van der Waals surface area (Å²) in [7, 11) is 0. The molecule has 1 aromatic rings. The van der Waals surface area contributed by atoms with Gasteiger partial charge in [0.05, 0.1) is 11.1 Å². The van der Waals surface area contributed by atoms with Crippen LogP contribution in [0, 0.1) is 0 Å². The van der Waals surface area contributed by atoms with Crippen molar-refractivity contribution in [1.82, 2.24) is 15.2 Å². The molecule has 138 valence electrons. The molecule has 0 radical (unpaired) electrons. The lowest BCUT2D eigenvalue weighted by atomic mass is 9.92. The summed E-state index contributed by atoms with van der Waals surface area (Å²) in [6.45, 7) is 4.79. The van der Waals surface area contributed by atoms with Crippen molar-refractivity contribution in [3.63, 3.8) is 0 Å². The minimum absolute atomic E-state index is 0.207. The lowest BCUT2D eigenvalue weighted by molar-refractivity contribution is -0.0528. The first-order valence-electron chi connectivity index (χ1n) is 7.69. The average molecular weight is 357 g/mol. The molecule has 0 spiro atoms. The summed E-state index contributed by atoms with van der Waals surface area (Å²) >= 11 is 0. The first-order valence-corrected chi connectivity index (χ1v) is 7.69. The fraction of sp³-hybridized carbons (Fsp3) is 0.562. The number of alkyl halides is 2. The van der Waals surface area contributed by atoms with Crippen LogP contribution in [0.3, 0.4) is 0 Å². The number of hydrogen-bond donors (Lipinski definition) is 1. The van der Waals surface area contributed by atoms with Gasteiger partial charge in [-0.2, -0.15) is 8.78 Å². The Kier molecular flexibility index (Phi) is 5.15. The lowest BCUT2D eigenvalue weighted by Crippen LogP contribution is -2.70. The second kappa shape index (κ2) is 6.81. The van der Waals surface area contributed by atoms with Crippen LogP contribution in [-0.4, -0.2) is 52.7 Å². The summed E-state index contributed by atoms with van der Waals surface area (Å²) < 4.78 is 33.5. The average Bonchev–Trinajstić information content (AvgIpc) is 2.42. The standard InChI is InChI=1S/C16H21F2N3O4/c1-15(2,3)25-14(23)21-8-16(4,9-21)20-12(22)10-5-6-11(19-7-10)24-13(17)18/h5-7,13H,8-9H2,1-4H3,(H,20,22). The van der Waals surface area contributed by atoms with Gasteiger partial charge >= 0.3 is 12.7 Å². The van der Waals surface area contributed by atoms with Crippen molar-refractivity contribution >= 4 is 12.0 Å². The SMILES string of the molecule is CC1(NC(=O)c2ccc(OC(F)F)nc2)CN(C(=O)OC(C)(C)C)C1. The summed E-state index contributed by atoms with van der Waals surface area (Å²) in [6.07, 6.45) is 0.718. The third-order valence-electron chi connectivity index (χ3n) is 3.36. The van der Waals surface area contributed by atoms with Gasteiger partial charge in [-0.3, -0.25) is 4.79 Å². The minimum Gasteiger partial charge on any atom is -0.444 e. The van der Waals surface area contributed by atoms with Crippen LogP contribution in [0.15, 0.2) is 18.3 Å². The highest BCUT2D eigenvalue weighted by Crippen LogP contribution is 2.23. The fourth-order valence-electron chi connectivity index (χ4n) is 2.35. The largest absolute Gasteiger partial charge is 0.444 e. The lowest BCUT2D eigenvalue weighted by Gasteiger charge is -2.48. The van der Waals surface area contributed by atoms with Crippen molar-refractivity contribution in [2.45, 2.75) is 45.4 Å². The van der Waals surface area contributed by atoms with Crippen molar-refractivity contribution in [3.05, 3.63) is 23.9 Å². The quantitative estimate of drug-likeness (QED) is 0.895. The van der Waals surface area contributed by atoms with E-state index in [0.29, 0.717) is 13.1 Å². The Morgan fingerprint density at radius 1 is 1.32 bits per heavy atom. The van der Waals surface area contributed by atoms with Crippen LogP contribution in [-0.2, 0) is 4.74 Å². The van der Waals surface area contributed by atoms with Crippen molar-refractivity contribution in [3.8, 4) is 5.88 Å². The van der Waals surface area contributed by atoms with Gasteiger partial charge in [0.2, 0.25) is 5.88 Å². The van der Waals surface area contributed by atoms with Crippen LogP contribution in [0.5, 0.6) is 5.88 Å². The minimum atomic E-state index is -2.97. The third-order valence-corrected chi connectivity index (χ3v) is 3.36. The number of nitrogens with one attached hydrogen (secondary N) is 1. The van der Waals surface area contributed by atoms with E-state index in [4.69, 9.17) is 4.74 Å². The zero-order valence-corrected chi connectivity index (χ0v) is 14.5. The van der Waals surface area contributed by atoms with Gasteiger partial charge in [-0.25, -0.2) is 9.78 Å². The third kappa shape index (κ3) is 5.27. The van der Waals surface area contributed by atoms with E-state index < -0.39 is 29.8 Å². The topological polar surface area (TPSA) is 80.8 Å². The van der Waals surface area contributed by atoms with Crippen molar-refractivity contribution in [2.24, 2.45) is 0 Å². The molecule has 7 nitrogen and oxygen atoms in total. The van der Waals surface area contributed by atoms with Crippen molar-refractivity contribution in [2.75, 3.05) is 13.1 Å². The van der Waals surface area contributed by atoms with Crippen LogP contribution in [0.1, 0.15) is 38.1 Å². The van der Waals surface area contributed by atoms with Crippen molar-refractivity contribution < 1.29 is 27.8 Å². The van der Waals surface area contributed by atoms with E-state index in [9.17, 15) is 18.4 Å². The normalized spacial score (nSPS) is 16.2. The number of ether oxygens (including phenoxy) is 2. The number of likely N-dealkylation sites (tertiary alicyclic amines) is 1. The van der Waals surface area contributed by atoms with Crippen LogP contribution in [0.2, 0.25) is 0 Å². The number of pyridine rings is 1. The molecule has 1 N–H and O–H groups in total. The van der Waals surface area contributed by atoms with Gasteiger partial charge in [0, 0.05) is 25.4 Å². The maximum Gasteiger partial charge on any atom is 0.410 e. The number of carbonyl (C=O) groups is 2. The Morgan fingerprint density at radius 3 is 2.44 bits per heavy atom. The maximum atomic E-state index is 12.2. The molecule has 0 bridgehead atoms. The van der Waals surface area contributed by atoms with Gasteiger partial charge < -0.3 is 19.7 Å². The van der Waals surface area contributed by atoms with E-state index in [1.165, 1.54) is 17.0 Å². The molecule has 25 heavy (non-hydrogen) atoms. The first kappa shape index (κ1) is 18.9. The molecule has 1 aliphatic rings. The number of amides is 2. The highest BCUT2D eigenvalue weighted by Gasteiger charge is 2.44. The van der Waals surface area contributed by atoms with Gasteiger partial charge in [-0.15, -0.1) is 0 Å². The Labute approximate surface area is 144 Å². The molecule has 2 heterocycles. The van der Waals surface area contributed by atoms with Crippen LogP contribution < -0.4 is 10.1 Å². The van der Waals surface area contributed by atoms with Gasteiger partial charge in [0.25, 0.3) is 5.91 Å². The monoisotopic (exact) mass is 357 g/mol. The molecule has 1 aliphatic heterocycles. The van der Waals surface area contributed by atoms with Gasteiger partial charge in [-0.05, 0) is 33.8 Å². The number of halogens is 2. The number of rotatable bonds is 4. The molecule has 2 amide bonds. The molecule has 0 aliphatic carbocycles. The van der Waals surface area contributed by atoms with Crippen LogP contribution >= 0.6 is 0 Å². The molecule has 0 atom stereocenters. The molecule has 2 rings (SSSR count). The first-order chi connectivity index (χ1) is 11.5. The predicted molar refractivity (Wildman–Crippen MR) is 84.5 cm³/mol. The Morgan fingerprint density at radius 2 is 1.96 bits per heavy atom. The number of hydrogen-bond acceptors (Lipinski definition) is 5. The summed E-state index contributed by atoms with van der Waals surface area (Å²) in [4.78, 5) is 29.3. The number of carbonyl (C=O) groups excluding carboxylic acids is 2. The second-order valence-corrected chi connectivity index (χ2v) is 7.11. The zero-order chi connectivity index (χ0) is 18.8. The summed E-state index contributed by atoms with van der Waals surface area (Å²) in [5.74, 6) is -0.681. The highest BCUT2D eigenvalue weighted by atomic mass is 19.3. The maximum absolute atomic E-state index is 12.2. The summed E-state index contributed by atoms with van der Waals surface area (Å²) in [5.41, 5.74) is -0.967. The molecule has 0 aromatic carbocycles. The van der Waals surface area contributed by atoms with E-state index in [-0.39, 0.29) is 11.4 Å². The van der Waals surface area contributed by atoms with Crippen LogP contribution in [0.4, 0.5) is 13.6 Å². The summed E-state index contributed by atoms with van der Waals surface area (Å²) in [5, 5.41) is 2.80. The van der Waals surface area contributed by atoms with Crippen molar-refractivity contribution in [1.29, 1.82) is 0 Å². The predicted octanol–water partition coefficient (Wildman–Crippen LogP) is 2.42. The van der Waals surface area contributed by atoms with E-state index in [0.717, 1.165) is 6.20 Å². The fourth-order valence-corrected chi connectivity index (χ4v) is 2.35. The Hall–Kier alpha value is -2.45. The smallest absolute Gasteiger partial charge is 0.410 e. The molecule has 1 fully saturated rings. The molecule has 1 aromatic heterocycles. The molecule has 0 saturated carbocycles. The van der Waals surface area contributed by atoms with Gasteiger partial charge in [0.15, 0.2) is 0 Å². The van der Waals surface area contributed by atoms with Gasteiger partial charge in [-0.1, -0.05) is 0 Å². The zero-order valence-electron chi connectivity index (χ0n) is 14.5. The molecule has 9 heteroatoms. The van der Waals surface area contributed by atoms with E-state index in [1.54, 1.807) is 27.7 Å².